The fraction of sp³-hybridized carbons (Fsp3) is 0.567. The maximum Gasteiger partial charge on any atom is 0.377 e. The van der Waals surface area contributed by atoms with Gasteiger partial charge in [-0.2, -0.15) is 0 Å². The van der Waals surface area contributed by atoms with Gasteiger partial charge in [0, 0.05) is 5.92 Å². The zero-order chi connectivity index (χ0) is 27.6. The van der Waals surface area contributed by atoms with Crippen molar-refractivity contribution in [2.24, 2.45) is 11.8 Å². The Morgan fingerprint density at radius 3 is 2.24 bits per heavy atom. The van der Waals surface area contributed by atoms with Gasteiger partial charge in [-0.15, -0.1) is 0 Å². The SMILES string of the molecule is CCOP(=O)(OCC)[C@@]1(C(=O)O[C@@H]2C[C@H](C)CC[C@H]2C(C)(C)c2ccccc2)O[C@@H]1c1ccc(OC)cc1. The molecule has 0 aromatic heterocycles. The summed E-state index contributed by atoms with van der Waals surface area (Å²) >= 11 is 0. The summed E-state index contributed by atoms with van der Waals surface area (Å²) in [4.78, 5) is 14.1. The van der Waals surface area contributed by atoms with Gasteiger partial charge >= 0.3 is 13.6 Å². The van der Waals surface area contributed by atoms with Crippen LogP contribution in [-0.4, -0.2) is 37.7 Å². The van der Waals surface area contributed by atoms with Crippen LogP contribution in [0.2, 0.25) is 0 Å². The molecule has 0 spiro atoms. The van der Waals surface area contributed by atoms with Crippen LogP contribution < -0.4 is 4.74 Å². The van der Waals surface area contributed by atoms with Gasteiger partial charge in [0.05, 0.1) is 20.3 Å². The molecule has 0 bridgehead atoms. The molecule has 5 atom stereocenters. The van der Waals surface area contributed by atoms with Crippen LogP contribution in [-0.2, 0) is 33.3 Å². The molecule has 4 rings (SSSR count). The molecule has 1 saturated heterocycles. The first-order valence-electron chi connectivity index (χ1n) is 13.6. The van der Waals surface area contributed by atoms with Gasteiger partial charge in [0.25, 0.3) is 5.34 Å². The standard InChI is InChI=1S/C30H41O7P/c1-7-34-38(32,35-8-2)30(27(37-30)22-15-17-24(33-6)18-16-22)28(31)36-26-20-21(3)14-19-25(26)29(4,5)23-12-10-9-11-13-23/h9-13,15-18,21,25-27H,7-8,14,19-20H2,1-6H3/t21-,25-,26-,27-,30+/m1/s1. The molecule has 0 amide bonds. The molecule has 8 heteroatoms. The second-order valence-corrected chi connectivity index (χ2v) is 13.0. The van der Waals surface area contributed by atoms with Crippen molar-refractivity contribution in [1.29, 1.82) is 0 Å². The fourth-order valence-electron chi connectivity index (χ4n) is 5.85. The summed E-state index contributed by atoms with van der Waals surface area (Å²) in [5.41, 5.74) is 1.65. The minimum Gasteiger partial charge on any atom is -0.497 e. The molecular weight excluding hydrogens is 503 g/mol. The highest BCUT2D eigenvalue weighted by atomic mass is 31.2. The maximum absolute atomic E-state index is 14.2. The monoisotopic (exact) mass is 544 g/mol. The van der Waals surface area contributed by atoms with Crippen LogP contribution in [0.5, 0.6) is 5.75 Å². The van der Waals surface area contributed by atoms with Crippen molar-refractivity contribution in [1.82, 2.24) is 0 Å². The number of carbonyl (C=O) groups is 1. The van der Waals surface area contributed by atoms with E-state index < -0.39 is 25.0 Å². The lowest BCUT2D eigenvalue weighted by Gasteiger charge is -2.44. The van der Waals surface area contributed by atoms with Crippen LogP contribution in [0.25, 0.3) is 0 Å². The van der Waals surface area contributed by atoms with E-state index in [1.54, 1.807) is 45.2 Å². The average Bonchev–Trinajstić information content (AvgIpc) is 3.67. The van der Waals surface area contributed by atoms with Crippen LogP contribution in [0.1, 0.15) is 71.1 Å². The fourth-order valence-corrected chi connectivity index (χ4v) is 7.94. The van der Waals surface area contributed by atoms with Crippen LogP contribution in [0.15, 0.2) is 54.6 Å². The molecule has 7 nitrogen and oxygen atoms in total. The normalized spacial score (nSPS) is 27.5. The summed E-state index contributed by atoms with van der Waals surface area (Å²) in [6, 6.07) is 17.5. The number of benzene rings is 2. The first-order chi connectivity index (χ1) is 18.1. The van der Waals surface area contributed by atoms with Crippen molar-refractivity contribution >= 4 is 13.6 Å². The molecule has 0 N–H and O–H groups in total. The lowest BCUT2D eigenvalue weighted by Crippen LogP contribution is -2.45. The van der Waals surface area contributed by atoms with Gasteiger partial charge in [0.15, 0.2) is 0 Å². The van der Waals surface area contributed by atoms with E-state index in [9.17, 15) is 9.36 Å². The lowest BCUT2D eigenvalue weighted by molar-refractivity contribution is -0.160. The smallest absolute Gasteiger partial charge is 0.377 e. The second kappa shape index (κ2) is 11.5. The van der Waals surface area contributed by atoms with E-state index in [-0.39, 0.29) is 30.7 Å². The number of hydrogen-bond donors (Lipinski definition) is 0. The molecule has 1 saturated carbocycles. The van der Waals surface area contributed by atoms with Crippen LogP contribution in [0, 0.1) is 11.8 Å². The highest BCUT2D eigenvalue weighted by Crippen LogP contribution is 2.75. The Balaban J connectivity index is 1.68. The number of hydrogen-bond acceptors (Lipinski definition) is 7. The summed E-state index contributed by atoms with van der Waals surface area (Å²) in [7, 11) is -2.45. The number of epoxide rings is 1. The van der Waals surface area contributed by atoms with E-state index in [4.69, 9.17) is 23.3 Å². The highest BCUT2D eigenvalue weighted by molar-refractivity contribution is 7.57. The van der Waals surface area contributed by atoms with Crippen LogP contribution in [0.3, 0.4) is 0 Å². The average molecular weight is 545 g/mol. The first-order valence-corrected chi connectivity index (χ1v) is 15.1. The van der Waals surface area contributed by atoms with Crippen molar-refractivity contribution in [2.45, 2.75) is 76.8 Å². The van der Waals surface area contributed by atoms with E-state index >= 15 is 0 Å². The molecule has 1 aliphatic carbocycles. The molecule has 1 aliphatic heterocycles. The van der Waals surface area contributed by atoms with E-state index in [1.165, 1.54) is 5.56 Å². The Labute approximate surface area is 226 Å². The van der Waals surface area contributed by atoms with Crippen molar-refractivity contribution in [3.63, 3.8) is 0 Å². The third kappa shape index (κ3) is 5.31. The van der Waals surface area contributed by atoms with Gasteiger partial charge in [0.2, 0.25) is 0 Å². The predicted molar refractivity (Wildman–Crippen MR) is 146 cm³/mol. The summed E-state index contributed by atoms with van der Waals surface area (Å²) in [5.74, 6) is 0.465. The number of rotatable bonds is 11. The summed E-state index contributed by atoms with van der Waals surface area (Å²) in [6.07, 6.45) is 1.53. The Morgan fingerprint density at radius 1 is 1.03 bits per heavy atom. The van der Waals surface area contributed by atoms with Crippen molar-refractivity contribution in [3.8, 4) is 5.75 Å². The quantitative estimate of drug-likeness (QED) is 0.170. The van der Waals surface area contributed by atoms with E-state index in [0.29, 0.717) is 17.2 Å². The third-order valence-electron chi connectivity index (χ3n) is 8.07. The van der Waals surface area contributed by atoms with Gasteiger partial charge in [-0.25, -0.2) is 4.79 Å². The molecule has 0 unspecified atom stereocenters. The molecule has 1 heterocycles. The molecule has 208 valence electrons. The van der Waals surface area contributed by atoms with Gasteiger partial charge < -0.3 is 23.3 Å². The first kappa shape index (κ1) is 28.8. The summed E-state index contributed by atoms with van der Waals surface area (Å²) in [6.45, 7) is 10.2. The van der Waals surface area contributed by atoms with Crippen molar-refractivity contribution in [3.05, 3.63) is 65.7 Å². The Morgan fingerprint density at radius 2 is 1.66 bits per heavy atom. The largest absolute Gasteiger partial charge is 0.497 e. The zero-order valence-corrected chi connectivity index (χ0v) is 24.2. The zero-order valence-electron chi connectivity index (χ0n) is 23.3. The Hall–Kier alpha value is -2.18. The Bertz CT molecular complexity index is 1120. The van der Waals surface area contributed by atoms with E-state index in [0.717, 1.165) is 19.3 Å². The molecular formula is C30H41O7P. The molecule has 2 aromatic rings. The molecule has 0 radical (unpaired) electrons. The summed E-state index contributed by atoms with van der Waals surface area (Å²) in [5, 5.41) is -1.85. The minimum atomic E-state index is -4.04. The minimum absolute atomic E-state index is 0.0823. The van der Waals surface area contributed by atoms with E-state index in [1.807, 2.05) is 18.2 Å². The van der Waals surface area contributed by atoms with Crippen LogP contribution >= 0.6 is 7.60 Å². The third-order valence-corrected chi connectivity index (χ3v) is 10.6. The van der Waals surface area contributed by atoms with Gasteiger partial charge in [-0.3, -0.25) is 4.57 Å². The number of carbonyl (C=O) groups excluding carboxylic acids is 1. The van der Waals surface area contributed by atoms with Gasteiger partial charge in [0.1, 0.15) is 18.0 Å². The molecule has 2 aliphatic rings. The van der Waals surface area contributed by atoms with Crippen molar-refractivity contribution < 1.29 is 32.6 Å². The van der Waals surface area contributed by atoms with Crippen molar-refractivity contribution in [2.75, 3.05) is 20.3 Å². The molecule has 38 heavy (non-hydrogen) atoms. The highest BCUT2D eigenvalue weighted by Gasteiger charge is 2.78. The number of methoxy groups -OCH3 is 1. The van der Waals surface area contributed by atoms with Crippen LogP contribution in [0.4, 0.5) is 0 Å². The maximum atomic E-state index is 14.2. The lowest BCUT2D eigenvalue weighted by atomic mass is 9.64. The predicted octanol–water partition coefficient (Wildman–Crippen LogP) is 7.05. The van der Waals surface area contributed by atoms with E-state index in [2.05, 4.69) is 32.9 Å². The number of esters is 1. The second-order valence-electron chi connectivity index (χ2n) is 10.9. The summed E-state index contributed by atoms with van der Waals surface area (Å²) < 4.78 is 43.1. The topological polar surface area (TPSA) is 83.6 Å². The number of ether oxygens (including phenoxy) is 3. The molecule has 2 aromatic carbocycles. The Kier molecular flexibility index (Phi) is 8.73. The molecule has 2 fully saturated rings. The van der Waals surface area contributed by atoms with Gasteiger partial charge in [-0.05, 0) is 61.3 Å². The van der Waals surface area contributed by atoms with Gasteiger partial charge in [-0.1, -0.05) is 69.7 Å².